The Bertz CT molecular complexity index is 188. The van der Waals surface area contributed by atoms with E-state index in [4.69, 9.17) is 0 Å². The first-order valence-corrected chi connectivity index (χ1v) is 5.51. The minimum atomic E-state index is -0.796. The number of piperidine rings is 1. The quantitative estimate of drug-likeness (QED) is 0.711. The van der Waals surface area contributed by atoms with E-state index in [9.17, 15) is 10.2 Å². The van der Waals surface area contributed by atoms with Gasteiger partial charge in [-0.2, -0.15) is 0 Å². The van der Waals surface area contributed by atoms with E-state index in [2.05, 4.69) is 11.8 Å². The molecule has 0 saturated carbocycles. The number of aliphatic hydroxyl groups excluding tert-OH is 1. The van der Waals surface area contributed by atoms with E-state index in [1.54, 1.807) is 0 Å². The van der Waals surface area contributed by atoms with E-state index in [0.717, 1.165) is 32.5 Å². The van der Waals surface area contributed by atoms with Crippen LogP contribution in [0.2, 0.25) is 0 Å². The maximum absolute atomic E-state index is 10.1. The first-order valence-electron chi connectivity index (χ1n) is 5.51. The standard InChI is InChI=1S/C11H23NO2/c1-4-12-7-5-6-11(8-12,9-13)10(2,3)14/h13-14H,4-9H2,1-3H3. The van der Waals surface area contributed by atoms with Crippen molar-refractivity contribution in [1.29, 1.82) is 0 Å². The summed E-state index contributed by atoms with van der Waals surface area (Å²) in [6.45, 7) is 8.71. The number of likely N-dealkylation sites (tertiary alicyclic amines) is 1. The predicted octanol–water partition coefficient (Wildman–Crippen LogP) is 0.852. The van der Waals surface area contributed by atoms with Crippen molar-refractivity contribution in [2.24, 2.45) is 5.41 Å². The van der Waals surface area contributed by atoms with Gasteiger partial charge in [-0.15, -0.1) is 0 Å². The van der Waals surface area contributed by atoms with Crippen molar-refractivity contribution in [3.05, 3.63) is 0 Å². The summed E-state index contributed by atoms with van der Waals surface area (Å²) in [6.07, 6.45) is 1.99. The zero-order chi connectivity index (χ0) is 10.8. The second-order valence-corrected chi connectivity index (χ2v) is 4.97. The van der Waals surface area contributed by atoms with Gasteiger partial charge in [0.05, 0.1) is 12.2 Å². The van der Waals surface area contributed by atoms with Gasteiger partial charge >= 0.3 is 0 Å². The van der Waals surface area contributed by atoms with Crippen LogP contribution in [-0.2, 0) is 0 Å². The summed E-state index contributed by atoms with van der Waals surface area (Å²) in [5, 5.41) is 19.6. The summed E-state index contributed by atoms with van der Waals surface area (Å²) in [6, 6.07) is 0. The molecule has 0 aliphatic carbocycles. The SMILES string of the molecule is CCN1CCCC(CO)(C(C)(C)O)C1. The molecule has 0 aromatic rings. The second kappa shape index (κ2) is 4.17. The maximum Gasteiger partial charge on any atom is 0.0681 e. The van der Waals surface area contributed by atoms with Gasteiger partial charge in [0.1, 0.15) is 0 Å². The van der Waals surface area contributed by atoms with Crippen molar-refractivity contribution < 1.29 is 10.2 Å². The van der Waals surface area contributed by atoms with Crippen molar-refractivity contribution in [3.8, 4) is 0 Å². The lowest BCUT2D eigenvalue weighted by molar-refractivity contribution is -0.118. The van der Waals surface area contributed by atoms with Crippen molar-refractivity contribution in [2.45, 2.75) is 39.2 Å². The zero-order valence-electron chi connectivity index (χ0n) is 9.58. The molecule has 1 fully saturated rings. The summed E-state index contributed by atoms with van der Waals surface area (Å²) < 4.78 is 0. The van der Waals surface area contributed by atoms with E-state index in [0.29, 0.717) is 0 Å². The van der Waals surface area contributed by atoms with E-state index in [1.807, 2.05) is 13.8 Å². The average Bonchev–Trinajstić information content (AvgIpc) is 2.16. The largest absolute Gasteiger partial charge is 0.396 e. The first-order chi connectivity index (χ1) is 6.45. The van der Waals surface area contributed by atoms with E-state index < -0.39 is 5.60 Å². The van der Waals surface area contributed by atoms with Crippen molar-refractivity contribution >= 4 is 0 Å². The molecular weight excluding hydrogens is 178 g/mol. The van der Waals surface area contributed by atoms with Crippen LogP contribution in [0.5, 0.6) is 0 Å². The van der Waals surface area contributed by atoms with Gasteiger partial charge in [0, 0.05) is 12.0 Å². The molecule has 1 rings (SSSR count). The highest BCUT2D eigenvalue weighted by molar-refractivity contribution is 4.97. The molecule has 1 saturated heterocycles. The molecule has 1 aliphatic rings. The fourth-order valence-corrected chi connectivity index (χ4v) is 2.32. The van der Waals surface area contributed by atoms with E-state index >= 15 is 0 Å². The van der Waals surface area contributed by atoms with Crippen LogP contribution in [0.1, 0.15) is 33.6 Å². The average molecular weight is 201 g/mol. The Morgan fingerprint density at radius 2 is 2.07 bits per heavy atom. The minimum absolute atomic E-state index is 0.0764. The van der Waals surface area contributed by atoms with Gasteiger partial charge in [0.2, 0.25) is 0 Å². The molecular formula is C11H23NO2. The Morgan fingerprint density at radius 3 is 2.50 bits per heavy atom. The fraction of sp³-hybridized carbons (Fsp3) is 1.00. The lowest BCUT2D eigenvalue weighted by atomic mass is 9.69. The molecule has 0 aromatic carbocycles. The molecule has 0 radical (unpaired) electrons. The lowest BCUT2D eigenvalue weighted by Gasteiger charge is -2.48. The summed E-state index contributed by atoms with van der Waals surface area (Å²) in [7, 11) is 0. The Kier molecular flexibility index (Phi) is 3.56. The third-order valence-corrected chi connectivity index (χ3v) is 3.70. The second-order valence-electron chi connectivity index (χ2n) is 4.97. The van der Waals surface area contributed by atoms with Gasteiger partial charge in [0.25, 0.3) is 0 Å². The molecule has 1 atom stereocenters. The van der Waals surface area contributed by atoms with Crippen LogP contribution < -0.4 is 0 Å². The number of rotatable bonds is 3. The predicted molar refractivity (Wildman–Crippen MR) is 57.2 cm³/mol. The molecule has 2 N–H and O–H groups in total. The van der Waals surface area contributed by atoms with Crippen LogP contribution in [-0.4, -0.2) is 47.0 Å². The molecule has 14 heavy (non-hydrogen) atoms. The van der Waals surface area contributed by atoms with Gasteiger partial charge in [0.15, 0.2) is 0 Å². The summed E-state index contributed by atoms with van der Waals surface area (Å²) >= 11 is 0. The molecule has 1 heterocycles. The Morgan fingerprint density at radius 1 is 1.43 bits per heavy atom. The molecule has 84 valence electrons. The number of hydrogen-bond donors (Lipinski definition) is 2. The molecule has 1 aliphatic heterocycles. The van der Waals surface area contributed by atoms with Crippen LogP contribution in [0.15, 0.2) is 0 Å². The van der Waals surface area contributed by atoms with E-state index in [1.165, 1.54) is 0 Å². The van der Waals surface area contributed by atoms with E-state index in [-0.39, 0.29) is 12.0 Å². The highest BCUT2D eigenvalue weighted by Gasteiger charge is 2.45. The van der Waals surface area contributed by atoms with Crippen LogP contribution in [0.25, 0.3) is 0 Å². The highest BCUT2D eigenvalue weighted by atomic mass is 16.3. The molecule has 3 heteroatoms. The number of aliphatic hydroxyl groups is 2. The van der Waals surface area contributed by atoms with Gasteiger partial charge in [-0.3, -0.25) is 0 Å². The van der Waals surface area contributed by atoms with Gasteiger partial charge in [-0.1, -0.05) is 6.92 Å². The third-order valence-electron chi connectivity index (χ3n) is 3.70. The smallest absolute Gasteiger partial charge is 0.0681 e. The van der Waals surface area contributed by atoms with Gasteiger partial charge in [-0.05, 0) is 39.8 Å². The zero-order valence-corrected chi connectivity index (χ0v) is 9.58. The van der Waals surface area contributed by atoms with Crippen LogP contribution in [0.3, 0.4) is 0 Å². The Hall–Kier alpha value is -0.120. The molecule has 0 spiro atoms. The van der Waals surface area contributed by atoms with Crippen molar-refractivity contribution in [3.63, 3.8) is 0 Å². The number of nitrogens with zero attached hydrogens (tertiary/aromatic N) is 1. The van der Waals surface area contributed by atoms with Crippen molar-refractivity contribution in [1.82, 2.24) is 4.90 Å². The molecule has 0 amide bonds. The summed E-state index contributed by atoms with van der Waals surface area (Å²) in [5.74, 6) is 0. The lowest BCUT2D eigenvalue weighted by Crippen LogP contribution is -2.56. The third kappa shape index (κ3) is 2.10. The fourth-order valence-electron chi connectivity index (χ4n) is 2.32. The van der Waals surface area contributed by atoms with Crippen LogP contribution in [0, 0.1) is 5.41 Å². The number of hydrogen-bond acceptors (Lipinski definition) is 3. The summed E-state index contributed by atoms with van der Waals surface area (Å²) in [4.78, 5) is 2.30. The molecule has 1 unspecified atom stereocenters. The highest BCUT2D eigenvalue weighted by Crippen LogP contribution is 2.39. The van der Waals surface area contributed by atoms with Crippen LogP contribution in [0.4, 0.5) is 0 Å². The van der Waals surface area contributed by atoms with Gasteiger partial charge < -0.3 is 15.1 Å². The van der Waals surface area contributed by atoms with Crippen LogP contribution >= 0.6 is 0 Å². The van der Waals surface area contributed by atoms with Crippen molar-refractivity contribution in [2.75, 3.05) is 26.2 Å². The Balaban J connectivity index is 2.78. The normalized spacial score (nSPS) is 30.6. The molecule has 0 bridgehead atoms. The summed E-state index contributed by atoms with van der Waals surface area (Å²) in [5.41, 5.74) is -1.13. The maximum atomic E-state index is 10.1. The Labute approximate surface area is 86.7 Å². The topological polar surface area (TPSA) is 43.7 Å². The molecule has 3 nitrogen and oxygen atoms in total. The first kappa shape index (κ1) is 12.0. The minimum Gasteiger partial charge on any atom is -0.396 e. The van der Waals surface area contributed by atoms with Gasteiger partial charge in [-0.25, -0.2) is 0 Å². The monoisotopic (exact) mass is 201 g/mol. The molecule has 0 aromatic heterocycles.